The summed E-state index contributed by atoms with van der Waals surface area (Å²) < 4.78 is 4.63. The Balaban J connectivity index is 2.15. The maximum atomic E-state index is 11.3. The molecule has 0 bridgehead atoms. The Labute approximate surface area is 113 Å². The van der Waals surface area contributed by atoms with Crippen LogP contribution in [0, 0.1) is 0 Å². The lowest BCUT2D eigenvalue weighted by Gasteiger charge is -2.42. The van der Waals surface area contributed by atoms with Crippen molar-refractivity contribution in [3.8, 4) is 0 Å². The average Bonchev–Trinajstić information content (AvgIpc) is 2.42. The van der Waals surface area contributed by atoms with E-state index in [0.717, 1.165) is 13.1 Å². The molecule has 1 aliphatic heterocycles. The number of esters is 1. The van der Waals surface area contributed by atoms with E-state index >= 15 is 0 Å². The molecule has 0 aliphatic carbocycles. The average molecular weight is 264 g/mol. The predicted molar refractivity (Wildman–Crippen MR) is 72.3 cm³/mol. The SMILES string of the molecule is COC(=O)c1cnc(N2CC(C)N(C)CC2C)nc1. The van der Waals surface area contributed by atoms with Gasteiger partial charge in [-0.2, -0.15) is 0 Å². The monoisotopic (exact) mass is 264 g/mol. The quantitative estimate of drug-likeness (QED) is 0.736. The van der Waals surface area contributed by atoms with Gasteiger partial charge in [0.2, 0.25) is 5.95 Å². The zero-order valence-corrected chi connectivity index (χ0v) is 11.8. The number of rotatable bonds is 2. The highest BCUT2D eigenvalue weighted by Crippen LogP contribution is 2.18. The Kier molecular flexibility index (Phi) is 3.99. The molecule has 1 aromatic rings. The van der Waals surface area contributed by atoms with Crippen molar-refractivity contribution in [3.05, 3.63) is 18.0 Å². The number of likely N-dealkylation sites (N-methyl/N-ethyl adjacent to an activating group) is 1. The summed E-state index contributed by atoms with van der Waals surface area (Å²) in [5.74, 6) is 0.256. The summed E-state index contributed by atoms with van der Waals surface area (Å²) >= 11 is 0. The summed E-state index contributed by atoms with van der Waals surface area (Å²) in [6.45, 7) is 6.19. The van der Waals surface area contributed by atoms with Gasteiger partial charge in [-0.05, 0) is 20.9 Å². The minimum atomic E-state index is -0.411. The van der Waals surface area contributed by atoms with Crippen LogP contribution in [0.25, 0.3) is 0 Å². The van der Waals surface area contributed by atoms with Crippen LogP contribution in [0.15, 0.2) is 12.4 Å². The predicted octanol–water partition coefficient (Wildman–Crippen LogP) is 0.792. The van der Waals surface area contributed by atoms with Gasteiger partial charge in [0.15, 0.2) is 0 Å². The van der Waals surface area contributed by atoms with E-state index in [1.807, 2.05) is 0 Å². The lowest BCUT2D eigenvalue weighted by Crippen LogP contribution is -2.55. The van der Waals surface area contributed by atoms with E-state index in [9.17, 15) is 4.79 Å². The molecule has 1 saturated heterocycles. The number of aromatic nitrogens is 2. The molecule has 6 nitrogen and oxygen atoms in total. The number of hydrogen-bond donors (Lipinski definition) is 0. The summed E-state index contributed by atoms with van der Waals surface area (Å²) in [5.41, 5.74) is 0.376. The second-order valence-electron chi connectivity index (χ2n) is 5.05. The van der Waals surface area contributed by atoms with Crippen molar-refractivity contribution in [2.24, 2.45) is 0 Å². The van der Waals surface area contributed by atoms with Crippen LogP contribution in [0.2, 0.25) is 0 Å². The molecule has 2 rings (SSSR count). The standard InChI is InChI=1S/C13H20N4O2/c1-9-8-17(10(2)7-16(9)3)13-14-5-11(6-15-13)12(18)19-4/h5-6,9-10H,7-8H2,1-4H3. The number of carbonyl (C=O) groups excluding carboxylic acids is 1. The number of carbonyl (C=O) groups is 1. The van der Waals surface area contributed by atoms with Crippen LogP contribution in [0.5, 0.6) is 0 Å². The molecule has 19 heavy (non-hydrogen) atoms. The molecule has 2 atom stereocenters. The number of piperazine rings is 1. The molecular weight excluding hydrogens is 244 g/mol. The molecule has 1 aliphatic rings. The van der Waals surface area contributed by atoms with Gasteiger partial charge in [-0.25, -0.2) is 14.8 Å². The number of methoxy groups -OCH3 is 1. The van der Waals surface area contributed by atoms with Crippen LogP contribution in [-0.2, 0) is 4.74 Å². The van der Waals surface area contributed by atoms with Crippen LogP contribution in [0.3, 0.4) is 0 Å². The third-order valence-electron chi connectivity index (χ3n) is 3.61. The zero-order valence-electron chi connectivity index (χ0n) is 11.8. The van der Waals surface area contributed by atoms with Crippen molar-refractivity contribution in [2.75, 3.05) is 32.1 Å². The highest BCUT2D eigenvalue weighted by molar-refractivity contribution is 5.88. The van der Waals surface area contributed by atoms with Gasteiger partial charge in [-0.3, -0.25) is 4.90 Å². The first kappa shape index (κ1) is 13.7. The van der Waals surface area contributed by atoms with Crippen LogP contribution in [0.1, 0.15) is 24.2 Å². The first-order chi connectivity index (χ1) is 9.02. The van der Waals surface area contributed by atoms with Crippen molar-refractivity contribution in [1.82, 2.24) is 14.9 Å². The van der Waals surface area contributed by atoms with E-state index < -0.39 is 5.97 Å². The molecule has 6 heteroatoms. The van der Waals surface area contributed by atoms with E-state index in [4.69, 9.17) is 0 Å². The van der Waals surface area contributed by atoms with Gasteiger partial charge in [0, 0.05) is 37.6 Å². The smallest absolute Gasteiger partial charge is 0.341 e. The summed E-state index contributed by atoms with van der Waals surface area (Å²) in [6, 6.07) is 0.810. The van der Waals surface area contributed by atoms with Gasteiger partial charge in [0.05, 0.1) is 12.7 Å². The molecule has 0 radical (unpaired) electrons. The highest BCUT2D eigenvalue weighted by atomic mass is 16.5. The summed E-state index contributed by atoms with van der Waals surface area (Å²) in [4.78, 5) is 24.4. The topological polar surface area (TPSA) is 58.6 Å². The van der Waals surface area contributed by atoms with E-state index in [1.165, 1.54) is 19.5 Å². The van der Waals surface area contributed by atoms with Crippen molar-refractivity contribution in [3.63, 3.8) is 0 Å². The number of nitrogens with zero attached hydrogens (tertiary/aromatic N) is 4. The van der Waals surface area contributed by atoms with Crippen LogP contribution in [-0.4, -0.2) is 60.2 Å². The maximum Gasteiger partial charge on any atom is 0.341 e. The molecule has 0 saturated carbocycles. The largest absolute Gasteiger partial charge is 0.465 e. The Morgan fingerprint density at radius 2 is 1.89 bits per heavy atom. The Morgan fingerprint density at radius 3 is 2.47 bits per heavy atom. The van der Waals surface area contributed by atoms with Crippen LogP contribution < -0.4 is 4.90 Å². The third-order valence-corrected chi connectivity index (χ3v) is 3.61. The maximum absolute atomic E-state index is 11.3. The fraction of sp³-hybridized carbons (Fsp3) is 0.615. The van der Waals surface area contributed by atoms with Gasteiger partial charge in [-0.15, -0.1) is 0 Å². The normalized spacial score (nSPS) is 24.3. The summed E-state index contributed by atoms with van der Waals surface area (Å²) in [6.07, 6.45) is 3.04. The molecule has 1 fully saturated rings. The Morgan fingerprint density at radius 1 is 1.26 bits per heavy atom. The lowest BCUT2D eigenvalue weighted by molar-refractivity contribution is 0.0600. The molecule has 1 aromatic heterocycles. The van der Waals surface area contributed by atoms with E-state index in [2.05, 4.69) is 45.4 Å². The molecule has 0 N–H and O–H groups in total. The lowest BCUT2D eigenvalue weighted by atomic mass is 10.1. The fourth-order valence-electron chi connectivity index (χ4n) is 2.27. The molecule has 2 unspecified atom stereocenters. The zero-order chi connectivity index (χ0) is 14.0. The fourth-order valence-corrected chi connectivity index (χ4v) is 2.27. The Hall–Kier alpha value is -1.69. The van der Waals surface area contributed by atoms with Crippen LogP contribution in [0.4, 0.5) is 5.95 Å². The second kappa shape index (κ2) is 5.52. The molecule has 2 heterocycles. The first-order valence-corrected chi connectivity index (χ1v) is 6.40. The Bertz CT molecular complexity index is 448. The van der Waals surface area contributed by atoms with Gasteiger partial charge >= 0.3 is 5.97 Å². The first-order valence-electron chi connectivity index (χ1n) is 6.40. The molecule has 0 spiro atoms. The van der Waals surface area contributed by atoms with Gasteiger partial charge in [0.1, 0.15) is 0 Å². The molecular formula is C13H20N4O2. The molecule has 104 valence electrons. The third kappa shape index (κ3) is 2.84. The van der Waals surface area contributed by atoms with Crippen molar-refractivity contribution in [2.45, 2.75) is 25.9 Å². The summed E-state index contributed by atoms with van der Waals surface area (Å²) in [7, 11) is 3.47. The van der Waals surface area contributed by atoms with Crippen molar-refractivity contribution in [1.29, 1.82) is 0 Å². The van der Waals surface area contributed by atoms with Crippen LogP contribution >= 0.6 is 0 Å². The van der Waals surface area contributed by atoms with Gasteiger partial charge in [-0.1, -0.05) is 0 Å². The number of hydrogen-bond acceptors (Lipinski definition) is 6. The van der Waals surface area contributed by atoms with E-state index in [0.29, 0.717) is 23.6 Å². The number of anilines is 1. The number of ether oxygens (including phenoxy) is 1. The molecule has 0 aromatic carbocycles. The second-order valence-corrected chi connectivity index (χ2v) is 5.05. The van der Waals surface area contributed by atoms with Gasteiger partial charge in [0.25, 0.3) is 0 Å². The van der Waals surface area contributed by atoms with E-state index in [1.54, 1.807) is 0 Å². The van der Waals surface area contributed by atoms with Crippen molar-refractivity contribution < 1.29 is 9.53 Å². The summed E-state index contributed by atoms with van der Waals surface area (Å²) in [5, 5.41) is 0. The molecule has 0 amide bonds. The highest BCUT2D eigenvalue weighted by Gasteiger charge is 2.28. The van der Waals surface area contributed by atoms with E-state index in [-0.39, 0.29) is 0 Å². The van der Waals surface area contributed by atoms with Crippen molar-refractivity contribution >= 4 is 11.9 Å². The minimum Gasteiger partial charge on any atom is -0.465 e. The minimum absolute atomic E-state index is 0.352. The van der Waals surface area contributed by atoms with Gasteiger partial charge < -0.3 is 9.64 Å².